The monoisotopic (exact) mass is 281 g/mol. The van der Waals surface area contributed by atoms with Gasteiger partial charge in [-0.1, -0.05) is 37.8 Å². The molecule has 0 heterocycles. The van der Waals surface area contributed by atoms with Gasteiger partial charge in [0.1, 0.15) is 5.75 Å². The summed E-state index contributed by atoms with van der Waals surface area (Å²) in [7, 11) is 0. The van der Waals surface area contributed by atoms with Gasteiger partial charge in [-0.05, 0) is 43.4 Å². The van der Waals surface area contributed by atoms with E-state index in [2.05, 4.69) is 12.2 Å². The summed E-state index contributed by atoms with van der Waals surface area (Å²) >= 11 is 5.98. The predicted molar refractivity (Wildman–Crippen MR) is 80.6 cm³/mol. The summed E-state index contributed by atoms with van der Waals surface area (Å²) in [5.74, 6) is 1.12. The summed E-state index contributed by atoms with van der Waals surface area (Å²) in [5, 5.41) is 14.1. The van der Waals surface area contributed by atoms with E-state index < -0.39 is 0 Å². The largest absolute Gasteiger partial charge is 0.508 e. The number of hydrogen-bond acceptors (Lipinski definition) is 2. The van der Waals surface area contributed by atoms with Crippen molar-refractivity contribution in [3.8, 4) is 5.75 Å². The van der Waals surface area contributed by atoms with Crippen molar-refractivity contribution in [3.05, 3.63) is 28.8 Å². The molecule has 0 spiro atoms. The molecule has 2 rings (SSSR count). The summed E-state index contributed by atoms with van der Waals surface area (Å²) in [4.78, 5) is 0. The van der Waals surface area contributed by atoms with Gasteiger partial charge >= 0.3 is 0 Å². The molecular weight excluding hydrogens is 258 g/mol. The van der Waals surface area contributed by atoms with Crippen LogP contribution in [0.3, 0.4) is 0 Å². The second-order valence-corrected chi connectivity index (χ2v) is 6.00. The molecule has 1 aromatic carbocycles. The molecule has 1 fully saturated rings. The topological polar surface area (TPSA) is 32.3 Å². The normalized spacial score (nSPS) is 18.4. The first-order valence-corrected chi connectivity index (χ1v) is 7.79. The van der Waals surface area contributed by atoms with Crippen LogP contribution in [0.15, 0.2) is 18.2 Å². The lowest BCUT2D eigenvalue weighted by atomic mass is 9.83. The van der Waals surface area contributed by atoms with E-state index in [9.17, 15) is 5.11 Å². The maximum Gasteiger partial charge on any atom is 0.120 e. The number of phenolic OH excluding ortho intramolecular Hbond substituents is 1. The van der Waals surface area contributed by atoms with E-state index in [-0.39, 0.29) is 0 Å². The van der Waals surface area contributed by atoms with Crippen molar-refractivity contribution in [1.82, 2.24) is 5.32 Å². The fourth-order valence-electron chi connectivity index (χ4n) is 3.12. The minimum Gasteiger partial charge on any atom is -0.508 e. The first kappa shape index (κ1) is 14.7. The molecule has 1 atom stereocenters. The van der Waals surface area contributed by atoms with Gasteiger partial charge in [-0.3, -0.25) is 0 Å². The van der Waals surface area contributed by atoms with Crippen molar-refractivity contribution in [2.24, 2.45) is 5.92 Å². The number of halogens is 1. The van der Waals surface area contributed by atoms with E-state index in [1.807, 2.05) is 6.07 Å². The van der Waals surface area contributed by atoms with Crippen molar-refractivity contribution in [2.45, 2.75) is 58.0 Å². The molecule has 0 saturated heterocycles. The van der Waals surface area contributed by atoms with Crippen molar-refractivity contribution < 1.29 is 5.11 Å². The maximum absolute atomic E-state index is 9.83. The quantitative estimate of drug-likeness (QED) is 0.833. The van der Waals surface area contributed by atoms with Crippen molar-refractivity contribution in [2.75, 3.05) is 0 Å². The molecule has 1 saturated carbocycles. The van der Waals surface area contributed by atoms with E-state index in [1.165, 1.54) is 32.1 Å². The molecule has 0 radical (unpaired) electrons. The Hall–Kier alpha value is -0.730. The van der Waals surface area contributed by atoms with Crippen LogP contribution < -0.4 is 5.32 Å². The van der Waals surface area contributed by atoms with Gasteiger partial charge in [-0.2, -0.15) is 0 Å². The standard InChI is InChI=1S/C16H24ClNO/c1-2-15(12-6-4-3-5-7-12)18-11-13-10-14(17)8-9-16(13)19/h8-10,12,15,18-19H,2-7,11H2,1H3. The number of rotatable bonds is 5. The van der Waals surface area contributed by atoms with Crippen LogP contribution in [0.2, 0.25) is 5.02 Å². The minimum absolute atomic E-state index is 0.329. The van der Waals surface area contributed by atoms with Gasteiger partial charge in [0.15, 0.2) is 0 Å². The first-order valence-electron chi connectivity index (χ1n) is 7.41. The van der Waals surface area contributed by atoms with Crippen LogP contribution in [0.1, 0.15) is 51.0 Å². The fourth-order valence-corrected chi connectivity index (χ4v) is 3.31. The zero-order chi connectivity index (χ0) is 13.7. The van der Waals surface area contributed by atoms with Gasteiger partial charge in [-0.15, -0.1) is 0 Å². The molecule has 19 heavy (non-hydrogen) atoms. The Balaban J connectivity index is 1.93. The Morgan fingerprint density at radius 2 is 2.05 bits per heavy atom. The number of phenols is 1. The van der Waals surface area contributed by atoms with Gasteiger partial charge < -0.3 is 10.4 Å². The molecule has 3 heteroatoms. The van der Waals surface area contributed by atoms with Gasteiger partial charge in [0.25, 0.3) is 0 Å². The lowest BCUT2D eigenvalue weighted by Crippen LogP contribution is -2.36. The van der Waals surface area contributed by atoms with Crippen molar-refractivity contribution in [1.29, 1.82) is 0 Å². The summed E-state index contributed by atoms with van der Waals surface area (Å²) in [6.07, 6.45) is 7.95. The molecule has 1 aliphatic carbocycles. The van der Waals surface area contributed by atoms with Crippen molar-refractivity contribution >= 4 is 11.6 Å². The van der Waals surface area contributed by atoms with Gasteiger partial charge in [-0.25, -0.2) is 0 Å². The lowest BCUT2D eigenvalue weighted by Gasteiger charge is -2.30. The Morgan fingerprint density at radius 3 is 2.74 bits per heavy atom. The second kappa shape index (κ2) is 7.16. The summed E-state index contributed by atoms with van der Waals surface area (Å²) < 4.78 is 0. The molecule has 2 nitrogen and oxygen atoms in total. The number of nitrogens with one attached hydrogen (secondary N) is 1. The highest BCUT2D eigenvalue weighted by Crippen LogP contribution is 2.28. The minimum atomic E-state index is 0.329. The SMILES string of the molecule is CCC(NCc1cc(Cl)ccc1O)C1CCCCC1. The zero-order valence-corrected chi connectivity index (χ0v) is 12.4. The van der Waals surface area contributed by atoms with Gasteiger partial charge in [0, 0.05) is 23.2 Å². The van der Waals surface area contributed by atoms with Crippen LogP contribution in [0.5, 0.6) is 5.75 Å². The Bertz CT molecular complexity index is 402. The summed E-state index contributed by atoms with van der Waals surface area (Å²) in [6, 6.07) is 5.79. The molecule has 0 aliphatic heterocycles. The highest BCUT2D eigenvalue weighted by atomic mass is 35.5. The van der Waals surface area contributed by atoms with Crippen LogP contribution >= 0.6 is 11.6 Å². The van der Waals surface area contributed by atoms with Gasteiger partial charge in [0.05, 0.1) is 0 Å². The molecule has 106 valence electrons. The van der Waals surface area contributed by atoms with E-state index in [0.717, 1.165) is 17.9 Å². The highest BCUT2D eigenvalue weighted by Gasteiger charge is 2.21. The van der Waals surface area contributed by atoms with E-state index in [1.54, 1.807) is 12.1 Å². The van der Waals surface area contributed by atoms with Crippen LogP contribution in [0.4, 0.5) is 0 Å². The van der Waals surface area contributed by atoms with Gasteiger partial charge in [0.2, 0.25) is 0 Å². The fraction of sp³-hybridized carbons (Fsp3) is 0.625. The average molecular weight is 282 g/mol. The third kappa shape index (κ3) is 4.12. The van der Waals surface area contributed by atoms with Crippen LogP contribution in [0, 0.1) is 5.92 Å². The lowest BCUT2D eigenvalue weighted by molar-refractivity contribution is 0.261. The third-order valence-corrected chi connectivity index (χ3v) is 4.49. The number of benzene rings is 1. The van der Waals surface area contributed by atoms with E-state index in [0.29, 0.717) is 23.4 Å². The molecule has 1 unspecified atom stereocenters. The van der Waals surface area contributed by atoms with E-state index >= 15 is 0 Å². The highest BCUT2D eigenvalue weighted by molar-refractivity contribution is 6.30. The van der Waals surface area contributed by atoms with Crippen molar-refractivity contribution in [3.63, 3.8) is 0 Å². The Morgan fingerprint density at radius 1 is 1.32 bits per heavy atom. The number of hydrogen-bond donors (Lipinski definition) is 2. The summed E-state index contributed by atoms with van der Waals surface area (Å²) in [5.41, 5.74) is 0.891. The van der Waals surface area contributed by atoms with Crippen LogP contribution in [-0.2, 0) is 6.54 Å². The first-order chi connectivity index (χ1) is 9.20. The van der Waals surface area contributed by atoms with Crippen LogP contribution in [-0.4, -0.2) is 11.1 Å². The second-order valence-electron chi connectivity index (χ2n) is 5.57. The van der Waals surface area contributed by atoms with Crippen LogP contribution in [0.25, 0.3) is 0 Å². The number of aromatic hydroxyl groups is 1. The third-order valence-electron chi connectivity index (χ3n) is 4.25. The maximum atomic E-state index is 9.83. The zero-order valence-electron chi connectivity index (χ0n) is 11.7. The molecule has 1 aromatic rings. The molecule has 0 bridgehead atoms. The van der Waals surface area contributed by atoms with E-state index in [4.69, 9.17) is 11.6 Å². The Labute approximate surface area is 121 Å². The molecule has 2 N–H and O–H groups in total. The average Bonchev–Trinajstić information content (AvgIpc) is 2.44. The smallest absolute Gasteiger partial charge is 0.120 e. The molecular formula is C16H24ClNO. The molecule has 1 aliphatic rings. The molecule has 0 aromatic heterocycles. The Kier molecular flexibility index (Phi) is 5.53. The molecule has 0 amide bonds. The predicted octanol–water partition coefficient (Wildman–Crippen LogP) is 4.49. The summed E-state index contributed by atoms with van der Waals surface area (Å²) in [6.45, 7) is 2.94.